The van der Waals surface area contributed by atoms with Crippen LogP contribution in [0.15, 0.2) is 76.0 Å². The maximum atomic E-state index is 12.2. The monoisotopic (exact) mass is 757 g/mol. The van der Waals surface area contributed by atoms with Gasteiger partial charge >= 0.3 is 5.97 Å². The van der Waals surface area contributed by atoms with E-state index in [1.807, 2.05) is 0 Å². The molecule has 3 aliphatic heterocycles. The fourth-order valence-electron chi connectivity index (χ4n) is 5.84. The molecule has 54 heavy (non-hydrogen) atoms. The Balaban J connectivity index is 1.35. The third-order valence-electron chi connectivity index (χ3n) is 8.78. The van der Waals surface area contributed by atoms with Crippen LogP contribution in [0.4, 0.5) is 0 Å². The molecule has 2 fully saturated rings. The Labute approximate surface area is 304 Å². The Bertz CT molecular complexity index is 1990. The van der Waals surface area contributed by atoms with Crippen molar-refractivity contribution in [1.29, 1.82) is 0 Å². The quantitative estimate of drug-likeness (QED) is 0.0421. The normalized spacial score (nSPS) is 28.6. The van der Waals surface area contributed by atoms with Crippen LogP contribution >= 0.6 is 0 Å². The molecule has 0 aromatic heterocycles. The molecular weight excluding hydrogens is 720 g/mol. The summed E-state index contributed by atoms with van der Waals surface area (Å²) >= 11 is 0. The number of aliphatic hydroxyl groups excluding tert-OH is 6. The van der Waals surface area contributed by atoms with Gasteiger partial charge in [-0.05, 0) is 48.0 Å². The molecule has 0 saturated carbocycles. The summed E-state index contributed by atoms with van der Waals surface area (Å²) in [4.78, 5) is 22.6. The second kappa shape index (κ2) is 16.0. The smallest absolute Gasteiger partial charge is 0.508 e. The molecule has 0 radical (unpaired) electrons. The molecule has 0 bridgehead atoms. The number of carbonyl (C=O) groups excluding carboxylic acids is 1. The first-order valence-electron chi connectivity index (χ1n) is 16.4. The number of esters is 1. The molecule has 3 heterocycles. The van der Waals surface area contributed by atoms with Gasteiger partial charge in [-0.1, -0.05) is 12.1 Å². The molecule has 1 aliphatic carbocycles. The molecule has 11 N–H and O–H groups in total. The van der Waals surface area contributed by atoms with E-state index < -0.39 is 103 Å². The average Bonchev–Trinajstić information content (AvgIpc) is 3.14. The predicted molar refractivity (Wildman–Crippen MR) is 182 cm³/mol. The van der Waals surface area contributed by atoms with Crippen molar-refractivity contribution >= 4 is 12.0 Å². The number of benzene rings is 3. The van der Waals surface area contributed by atoms with Crippen LogP contribution in [0.25, 0.3) is 28.7 Å². The zero-order valence-electron chi connectivity index (χ0n) is 27.9. The van der Waals surface area contributed by atoms with Gasteiger partial charge in [0.05, 0.1) is 18.2 Å². The molecule has 0 unspecified atom stereocenters. The Morgan fingerprint density at radius 1 is 0.759 bits per heavy atom. The van der Waals surface area contributed by atoms with Gasteiger partial charge in [0.2, 0.25) is 12.9 Å². The van der Waals surface area contributed by atoms with Gasteiger partial charge in [0, 0.05) is 17.7 Å². The van der Waals surface area contributed by atoms with Gasteiger partial charge < -0.3 is 84.0 Å². The van der Waals surface area contributed by atoms with E-state index in [4.69, 9.17) is 28.1 Å². The van der Waals surface area contributed by atoms with Crippen molar-refractivity contribution in [3.05, 3.63) is 82.5 Å². The summed E-state index contributed by atoms with van der Waals surface area (Å²) in [6.07, 6.45) is -15.2. The van der Waals surface area contributed by atoms with Crippen LogP contribution in [0.3, 0.4) is 0 Å². The summed E-state index contributed by atoms with van der Waals surface area (Å²) in [5, 5.41) is 104. The van der Waals surface area contributed by atoms with Crippen molar-refractivity contribution in [2.45, 2.75) is 61.4 Å². The fourth-order valence-corrected chi connectivity index (χ4v) is 5.84. The maximum Gasteiger partial charge on any atom is 0.510 e. The largest absolute Gasteiger partial charge is 0.510 e. The Kier molecular flexibility index (Phi) is 11.4. The third-order valence-corrected chi connectivity index (χ3v) is 8.78. The van der Waals surface area contributed by atoms with Crippen LogP contribution < -0.4 is 10.2 Å². The van der Waals surface area contributed by atoms with Crippen LogP contribution in [-0.2, 0) is 18.9 Å². The van der Waals surface area contributed by atoms with Crippen LogP contribution in [-0.4, -0.2) is 136 Å². The lowest BCUT2D eigenvalue weighted by atomic mass is 9.97. The second-order valence-corrected chi connectivity index (χ2v) is 12.5. The van der Waals surface area contributed by atoms with Crippen LogP contribution in [0.5, 0.6) is 28.7 Å². The molecule has 0 spiro atoms. The molecule has 4 aliphatic rings. The molecule has 10 atom stereocenters. The van der Waals surface area contributed by atoms with Gasteiger partial charge in [-0.2, -0.15) is 0 Å². The number of hydrogen-bond acceptors (Lipinski definition) is 17. The van der Waals surface area contributed by atoms with E-state index in [2.05, 4.69) is 0 Å². The lowest BCUT2D eigenvalue weighted by Gasteiger charge is -2.45. The molecule has 288 valence electrons. The zero-order valence-corrected chi connectivity index (χ0v) is 27.9. The Morgan fingerprint density at radius 2 is 1.46 bits per heavy atom. The van der Waals surface area contributed by atoms with E-state index in [1.54, 1.807) is 12.1 Å². The number of aromatic hydroxyl groups is 4. The molecule has 2 aromatic rings. The standard InChI is InChI=1S/C36H36O18/c37-13-25-28(44)30(46)32(48)35(52-25)54-34-31(47)29(45)26(14-49-27(43)8-3-15-1-5-17(38)6-2-15)53-36(34)51-24-12-19-21(41)10-18(39)11-23(19)50-33(24)16-4-7-20(40)22(42)9-16/h1-12,25-26,28-32,34-38,40-42,44-48H,13-14H2/p+1/t25-,26-,28-,29-,30+,31+,32-,34+,35+,36-/m1/s1. The number of phenols is 4. The summed E-state index contributed by atoms with van der Waals surface area (Å²) < 4.78 is 34.7. The van der Waals surface area contributed by atoms with E-state index in [9.17, 15) is 60.7 Å². The molecule has 2 saturated heterocycles. The minimum Gasteiger partial charge on any atom is -0.508 e. The van der Waals surface area contributed by atoms with Crippen molar-refractivity contribution in [3.8, 4) is 51.4 Å². The summed E-state index contributed by atoms with van der Waals surface area (Å²) in [7, 11) is 0. The van der Waals surface area contributed by atoms with E-state index in [-0.39, 0.29) is 34.1 Å². The number of rotatable bonds is 10. The van der Waals surface area contributed by atoms with E-state index >= 15 is 0 Å². The molecule has 0 amide bonds. The fraction of sp³-hybridized carbons (Fsp3) is 0.333. The highest BCUT2D eigenvalue weighted by Crippen LogP contribution is 2.43. The number of hydrogen-bond donors (Lipinski definition) is 10. The predicted octanol–water partition coefficient (Wildman–Crippen LogP) is -0.523. The van der Waals surface area contributed by atoms with E-state index in [0.29, 0.717) is 5.56 Å². The van der Waals surface area contributed by atoms with Crippen molar-refractivity contribution in [1.82, 2.24) is 0 Å². The lowest BCUT2D eigenvalue weighted by molar-refractivity contribution is -0.357. The van der Waals surface area contributed by atoms with Crippen LogP contribution in [0.2, 0.25) is 0 Å². The second-order valence-electron chi connectivity index (χ2n) is 12.5. The minimum absolute atomic E-state index is 0.0308. The van der Waals surface area contributed by atoms with Crippen LogP contribution in [0.1, 0.15) is 5.56 Å². The van der Waals surface area contributed by atoms with Crippen molar-refractivity contribution in [2.24, 2.45) is 0 Å². The molecule has 2 aromatic carbocycles. The lowest BCUT2D eigenvalue weighted by Crippen LogP contribution is -2.65. The van der Waals surface area contributed by atoms with Crippen molar-refractivity contribution in [3.63, 3.8) is 0 Å². The first-order valence-corrected chi connectivity index (χ1v) is 16.4. The van der Waals surface area contributed by atoms with Crippen molar-refractivity contribution in [2.75, 3.05) is 13.2 Å². The number of ether oxygens (including phenoxy) is 5. The van der Waals surface area contributed by atoms with Gasteiger partial charge in [-0.3, -0.25) is 4.79 Å². The van der Waals surface area contributed by atoms with Gasteiger partial charge in [0.15, 0.2) is 46.9 Å². The first-order chi connectivity index (χ1) is 25.7. The minimum atomic E-state index is -1.96. The van der Waals surface area contributed by atoms with Gasteiger partial charge in [-0.15, -0.1) is 0 Å². The highest BCUT2D eigenvalue weighted by Gasteiger charge is 2.52. The zero-order chi connectivity index (χ0) is 38.8. The third kappa shape index (κ3) is 8.11. The van der Waals surface area contributed by atoms with Gasteiger partial charge in [-0.25, -0.2) is 0 Å². The topological polar surface area (TPSA) is 300 Å². The highest BCUT2D eigenvalue weighted by molar-refractivity contribution is 5.88. The van der Waals surface area contributed by atoms with E-state index in [1.165, 1.54) is 36.4 Å². The SMILES string of the molecule is O=c1cc2oc(-c3ccc(O)c(O)c3)c(O[C@@H]3O[C@H](COC(=[OH+])C=Cc4ccc(O)cc4)[C@@H](O)[C@H](O)[C@@H]3O[C@@H]3O[C@H](CO)[C@@H](O)[C@H](O)[C@H]3O)cc-2c(O)c1. The Hall–Kier alpha value is -5.28. The molecule has 18 nitrogen and oxygen atoms in total. The summed E-state index contributed by atoms with van der Waals surface area (Å²) in [6, 6.07) is 12.7. The first kappa shape index (κ1) is 38.4. The highest BCUT2D eigenvalue weighted by atomic mass is 16.8. The van der Waals surface area contributed by atoms with Gasteiger partial charge in [0.25, 0.3) is 0 Å². The number of fused-ring (bicyclic) bond motifs is 1. The van der Waals surface area contributed by atoms with Gasteiger partial charge in [0.1, 0.15) is 53.9 Å². The molecule has 6 rings (SSSR count). The number of phenolic OH excluding ortho intramolecular Hbond substituents is 4. The van der Waals surface area contributed by atoms with E-state index in [0.717, 1.165) is 24.3 Å². The maximum absolute atomic E-state index is 12.2. The summed E-state index contributed by atoms with van der Waals surface area (Å²) in [6.45, 7) is -1.42. The Morgan fingerprint density at radius 3 is 2.17 bits per heavy atom. The van der Waals surface area contributed by atoms with Crippen molar-refractivity contribution < 1.29 is 84.0 Å². The number of aliphatic hydroxyl groups is 6. The summed E-state index contributed by atoms with van der Waals surface area (Å²) in [5.74, 6) is -2.80. The summed E-state index contributed by atoms with van der Waals surface area (Å²) in [5.41, 5.74) is 0.00283. The average molecular weight is 758 g/mol. The van der Waals surface area contributed by atoms with Crippen LogP contribution in [0, 0.1) is 0 Å². The molecule has 18 heteroatoms. The molecular formula is C36H37O18+.